The summed E-state index contributed by atoms with van der Waals surface area (Å²) < 4.78 is 0. The second-order valence-electron chi connectivity index (χ2n) is 3.98. The highest BCUT2D eigenvalue weighted by atomic mass is 16.4. The molecule has 0 aromatic rings. The summed E-state index contributed by atoms with van der Waals surface area (Å²) in [7, 11) is 0. The van der Waals surface area contributed by atoms with Gasteiger partial charge in [0, 0.05) is 6.04 Å². The van der Waals surface area contributed by atoms with E-state index in [0.29, 0.717) is 12.8 Å². The minimum absolute atomic E-state index is 0.166. The second kappa shape index (κ2) is 5.32. The summed E-state index contributed by atoms with van der Waals surface area (Å²) in [6.07, 6.45) is 3.82. The number of hydrogen-bond acceptors (Lipinski definition) is 3. The minimum atomic E-state index is -0.799. The molecule has 0 amide bonds. The zero-order chi connectivity index (χ0) is 10.6. The van der Waals surface area contributed by atoms with Gasteiger partial charge in [-0.2, -0.15) is 0 Å². The fraction of sp³-hybridized carbons (Fsp3) is 0.900. The number of rotatable bonds is 4. The highest BCUT2D eigenvalue weighted by Crippen LogP contribution is 2.18. The van der Waals surface area contributed by atoms with Gasteiger partial charge >= 0.3 is 5.97 Å². The minimum Gasteiger partial charge on any atom is -0.480 e. The van der Waals surface area contributed by atoms with E-state index in [-0.39, 0.29) is 12.1 Å². The van der Waals surface area contributed by atoms with Crippen molar-refractivity contribution in [3.05, 3.63) is 0 Å². The molecule has 82 valence electrons. The highest BCUT2D eigenvalue weighted by Gasteiger charge is 2.24. The summed E-state index contributed by atoms with van der Waals surface area (Å²) in [5.74, 6) is -0.799. The van der Waals surface area contributed by atoms with Crippen molar-refractivity contribution in [1.29, 1.82) is 0 Å². The molecule has 1 fully saturated rings. The van der Waals surface area contributed by atoms with Crippen LogP contribution in [0.5, 0.6) is 0 Å². The van der Waals surface area contributed by atoms with Crippen molar-refractivity contribution in [2.45, 2.75) is 57.2 Å². The van der Waals surface area contributed by atoms with Crippen LogP contribution in [0.25, 0.3) is 0 Å². The van der Waals surface area contributed by atoms with Crippen LogP contribution in [0.1, 0.15) is 39.0 Å². The smallest absolute Gasteiger partial charge is 0.320 e. The van der Waals surface area contributed by atoms with Gasteiger partial charge < -0.3 is 15.5 Å². The van der Waals surface area contributed by atoms with E-state index in [1.165, 1.54) is 0 Å². The maximum Gasteiger partial charge on any atom is 0.320 e. The lowest BCUT2D eigenvalue weighted by Gasteiger charge is -2.28. The van der Waals surface area contributed by atoms with Gasteiger partial charge in [-0.05, 0) is 32.1 Å². The third kappa shape index (κ3) is 3.27. The van der Waals surface area contributed by atoms with E-state index in [2.05, 4.69) is 5.32 Å². The van der Waals surface area contributed by atoms with Gasteiger partial charge in [0.1, 0.15) is 6.04 Å². The highest BCUT2D eigenvalue weighted by molar-refractivity contribution is 5.73. The number of aliphatic hydroxyl groups excluding tert-OH is 1. The number of nitrogens with one attached hydrogen (secondary N) is 1. The molecule has 0 heterocycles. The maximum absolute atomic E-state index is 10.8. The van der Waals surface area contributed by atoms with Crippen LogP contribution in [0.3, 0.4) is 0 Å². The van der Waals surface area contributed by atoms with Crippen molar-refractivity contribution in [1.82, 2.24) is 5.32 Å². The Balaban J connectivity index is 2.37. The van der Waals surface area contributed by atoms with Crippen molar-refractivity contribution < 1.29 is 15.0 Å². The number of hydrogen-bond donors (Lipinski definition) is 3. The van der Waals surface area contributed by atoms with E-state index >= 15 is 0 Å². The molecule has 3 atom stereocenters. The molecule has 0 aromatic carbocycles. The molecule has 0 spiro atoms. The van der Waals surface area contributed by atoms with Crippen molar-refractivity contribution in [3.63, 3.8) is 0 Å². The predicted molar refractivity (Wildman–Crippen MR) is 53.1 cm³/mol. The summed E-state index contributed by atoms with van der Waals surface area (Å²) in [6.45, 7) is 1.85. The van der Waals surface area contributed by atoms with Crippen molar-refractivity contribution in [2.75, 3.05) is 0 Å². The molecule has 0 saturated heterocycles. The molecule has 1 aliphatic rings. The Kier molecular flexibility index (Phi) is 4.35. The van der Waals surface area contributed by atoms with Crippen LogP contribution in [0, 0.1) is 0 Å². The third-order valence-corrected chi connectivity index (χ3v) is 2.79. The lowest BCUT2D eigenvalue weighted by Crippen LogP contribution is -2.45. The van der Waals surface area contributed by atoms with Gasteiger partial charge in [-0.15, -0.1) is 0 Å². The Bertz CT molecular complexity index is 196. The second-order valence-corrected chi connectivity index (χ2v) is 3.98. The number of aliphatic carboxylic acids is 1. The summed E-state index contributed by atoms with van der Waals surface area (Å²) in [6, 6.07) is -0.301. The van der Waals surface area contributed by atoms with Crippen LogP contribution in [0.2, 0.25) is 0 Å². The Morgan fingerprint density at radius 1 is 1.57 bits per heavy atom. The molecule has 0 aliphatic heterocycles. The SMILES string of the molecule is CCC(NC1CCCC(O)C1)C(=O)O. The van der Waals surface area contributed by atoms with Gasteiger partial charge in [-0.1, -0.05) is 6.92 Å². The van der Waals surface area contributed by atoms with E-state index in [4.69, 9.17) is 5.11 Å². The predicted octanol–water partition coefficient (Wildman–Crippen LogP) is 0.743. The van der Waals surface area contributed by atoms with Crippen LogP contribution in [-0.4, -0.2) is 34.4 Å². The van der Waals surface area contributed by atoms with E-state index in [1.54, 1.807) is 0 Å². The first-order chi connectivity index (χ1) is 6.63. The van der Waals surface area contributed by atoms with Crippen LogP contribution in [0.15, 0.2) is 0 Å². The van der Waals surface area contributed by atoms with Gasteiger partial charge in [0.25, 0.3) is 0 Å². The fourth-order valence-electron chi connectivity index (χ4n) is 1.96. The summed E-state index contributed by atoms with van der Waals surface area (Å²) in [4.78, 5) is 10.8. The number of carboxylic acid groups (broad SMARTS) is 1. The van der Waals surface area contributed by atoms with Crippen molar-refractivity contribution >= 4 is 5.97 Å². The molecule has 0 bridgehead atoms. The molecule has 14 heavy (non-hydrogen) atoms. The van der Waals surface area contributed by atoms with E-state index in [9.17, 15) is 9.90 Å². The van der Waals surface area contributed by atoms with E-state index in [1.807, 2.05) is 6.92 Å². The molecule has 3 N–H and O–H groups in total. The summed E-state index contributed by atoms with van der Waals surface area (Å²) in [5, 5.41) is 21.3. The standard InChI is InChI=1S/C10H19NO3/c1-2-9(10(13)14)11-7-4-3-5-8(12)6-7/h7-9,11-12H,2-6H2,1H3,(H,13,14). The molecule has 0 radical (unpaired) electrons. The molecule has 1 aliphatic carbocycles. The molecular formula is C10H19NO3. The van der Waals surface area contributed by atoms with E-state index < -0.39 is 12.0 Å². The van der Waals surface area contributed by atoms with E-state index in [0.717, 1.165) is 19.3 Å². The number of aliphatic hydroxyl groups is 1. The molecule has 1 saturated carbocycles. The zero-order valence-corrected chi connectivity index (χ0v) is 8.57. The topological polar surface area (TPSA) is 69.6 Å². The lowest BCUT2D eigenvalue weighted by molar-refractivity contribution is -0.140. The molecule has 3 unspecified atom stereocenters. The van der Waals surface area contributed by atoms with Crippen LogP contribution in [0.4, 0.5) is 0 Å². The molecule has 0 aromatic heterocycles. The van der Waals surface area contributed by atoms with Crippen molar-refractivity contribution in [3.8, 4) is 0 Å². The Morgan fingerprint density at radius 3 is 2.79 bits per heavy atom. The van der Waals surface area contributed by atoms with Gasteiger partial charge in [0.2, 0.25) is 0 Å². The molecule has 1 rings (SSSR count). The van der Waals surface area contributed by atoms with Crippen LogP contribution in [-0.2, 0) is 4.79 Å². The molecule has 4 nitrogen and oxygen atoms in total. The average Bonchev–Trinajstić information content (AvgIpc) is 2.14. The quantitative estimate of drug-likeness (QED) is 0.627. The Labute approximate surface area is 84.3 Å². The first kappa shape index (κ1) is 11.5. The largest absolute Gasteiger partial charge is 0.480 e. The average molecular weight is 201 g/mol. The zero-order valence-electron chi connectivity index (χ0n) is 8.57. The van der Waals surface area contributed by atoms with Crippen molar-refractivity contribution in [2.24, 2.45) is 0 Å². The summed E-state index contributed by atoms with van der Waals surface area (Å²) in [5.41, 5.74) is 0. The van der Waals surface area contributed by atoms with Gasteiger partial charge in [-0.25, -0.2) is 0 Å². The lowest BCUT2D eigenvalue weighted by atomic mass is 9.92. The fourth-order valence-corrected chi connectivity index (χ4v) is 1.96. The van der Waals surface area contributed by atoms with Gasteiger partial charge in [0.05, 0.1) is 6.10 Å². The van der Waals surface area contributed by atoms with Crippen LogP contribution < -0.4 is 5.32 Å². The number of carboxylic acids is 1. The van der Waals surface area contributed by atoms with Crippen LogP contribution >= 0.6 is 0 Å². The Morgan fingerprint density at radius 2 is 2.29 bits per heavy atom. The maximum atomic E-state index is 10.8. The molecule has 4 heteroatoms. The van der Waals surface area contributed by atoms with Gasteiger partial charge in [-0.3, -0.25) is 4.79 Å². The monoisotopic (exact) mass is 201 g/mol. The normalized spacial score (nSPS) is 29.9. The first-order valence-corrected chi connectivity index (χ1v) is 5.30. The Hall–Kier alpha value is -0.610. The number of carbonyl (C=O) groups is 1. The summed E-state index contributed by atoms with van der Waals surface area (Å²) >= 11 is 0. The third-order valence-electron chi connectivity index (χ3n) is 2.79. The van der Waals surface area contributed by atoms with Gasteiger partial charge in [0.15, 0.2) is 0 Å². The molecular weight excluding hydrogens is 182 g/mol. The first-order valence-electron chi connectivity index (χ1n) is 5.30.